The van der Waals surface area contributed by atoms with Gasteiger partial charge in [0.2, 0.25) is 5.91 Å². The first-order valence-electron chi connectivity index (χ1n) is 6.35. The zero-order chi connectivity index (χ0) is 14.9. The number of amides is 2. The topological polar surface area (TPSA) is 69.6 Å². The first-order chi connectivity index (χ1) is 9.30. The van der Waals surface area contributed by atoms with Crippen molar-refractivity contribution in [2.24, 2.45) is 0 Å². The van der Waals surface area contributed by atoms with Gasteiger partial charge in [-0.05, 0) is 32.9 Å². The average Bonchev–Trinajstić information content (AvgIpc) is 2.47. The van der Waals surface area contributed by atoms with Gasteiger partial charge in [-0.15, -0.1) is 11.8 Å². The number of nitrogens with zero attached hydrogens (tertiary/aromatic N) is 1. The highest BCUT2D eigenvalue weighted by Gasteiger charge is 2.38. The van der Waals surface area contributed by atoms with E-state index in [0.717, 1.165) is 10.6 Å². The van der Waals surface area contributed by atoms with Crippen molar-refractivity contribution >= 4 is 29.4 Å². The fraction of sp³-hybridized carbons (Fsp3) is 0.429. The Bertz CT molecular complexity index is 539. The average molecular weight is 294 g/mol. The number of thioether (sulfide) groups is 1. The number of para-hydroxylation sites is 1. The molecule has 2 amide bonds. The Morgan fingerprint density at radius 2 is 2.05 bits per heavy atom. The van der Waals surface area contributed by atoms with Crippen molar-refractivity contribution < 1.29 is 14.7 Å². The van der Waals surface area contributed by atoms with Crippen molar-refractivity contribution in [3.63, 3.8) is 0 Å². The molecule has 0 aromatic heterocycles. The molecule has 6 heteroatoms. The molecule has 2 N–H and O–H groups in total. The van der Waals surface area contributed by atoms with Gasteiger partial charge in [-0.3, -0.25) is 9.69 Å². The van der Waals surface area contributed by atoms with Crippen LogP contribution in [0.3, 0.4) is 0 Å². The monoisotopic (exact) mass is 294 g/mol. The lowest BCUT2D eigenvalue weighted by atomic mass is 10.0. The van der Waals surface area contributed by atoms with E-state index in [1.165, 1.54) is 16.7 Å². The van der Waals surface area contributed by atoms with Crippen LogP contribution in [0, 0.1) is 0 Å². The summed E-state index contributed by atoms with van der Waals surface area (Å²) in [4.78, 5) is 26.0. The first-order valence-corrected chi connectivity index (χ1v) is 7.34. The normalized spacial score (nSPS) is 18.8. The minimum atomic E-state index is -1.08. The summed E-state index contributed by atoms with van der Waals surface area (Å²) >= 11 is 1.49. The maximum atomic E-state index is 12.3. The van der Waals surface area contributed by atoms with Crippen molar-refractivity contribution in [2.45, 2.75) is 37.2 Å². The number of carbonyl (C=O) groups is 2. The lowest BCUT2D eigenvalue weighted by molar-refractivity contribution is -0.121. The number of hydrogen-bond acceptors (Lipinski definition) is 3. The Kier molecular flexibility index (Phi) is 3.94. The van der Waals surface area contributed by atoms with E-state index in [-0.39, 0.29) is 5.91 Å². The summed E-state index contributed by atoms with van der Waals surface area (Å²) in [5.74, 6) is 0.131. The van der Waals surface area contributed by atoms with Gasteiger partial charge in [-0.2, -0.15) is 0 Å². The van der Waals surface area contributed by atoms with Gasteiger partial charge in [0.15, 0.2) is 0 Å². The van der Waals surface area contributed by atoms with E-state index in [4.69, 9.17) is 0 Å². The molecule has 5 nitrogen and oxygen atoms in total. The number of hydrogen-bond donors (Lipinski definition) is 2. The summed E-state index contributed by atoms with van der Waals surface area (Å²) in [6, 6.07) is 6.79. The van der Waals surface area contributed by atoms with Crippen LogP contribution in [0.1, 0.15) is 20.8 Å². The highest BCUT2D eigenvalue weighted by atomic mass is 32.2. The predicted octanol–water partition coefficient (Wildman–Crippen LogP) is 2.88. The zero-order valence-corrected chi connectivity index (χ0v) is 12.5. The van der Waals surface area contributed by atoms with E-state index in [9.17, 15) is 14.7 Å². The number of fused-ring (bicyclic) bond motifs is 1. The van der Waals surface area contributed by atoms with E-state index in [2.05, 4.69) is 5.32 Å². The Labute approximate surface area is 122 Å². The highest BCUT2D eigenvalue weighted by molar-refractivity contribution is 7.99. The van der Waals surface area contributed by atoms with E-state index in [1.807, 2.05) is 24.3 Å². The van der Waals surface area contributed by atoms with Gasteiger partial charge in [0.1, 0.15) is 6.04 Å². The molecular formula is C14H18N2O3S. The molecule has 108 valence electrons. The number of nitrogens with one attached hydrogen (secondary N) is 1. The molecule has 1 aliphatic rings. The Balaban J connectivity index is 2.31. The summed E-state index contributed by atoms with van der Waals surface area (Å²) in [6.07, 6.45) is -1.08. The van der Waals surface area contributed by atoms with Gasteiger partial charge in [-0.25, -0.2) is 4.79 Å². The van der Waals surface area contributed by atoms with Crippen molar-refractivity contribution in [1.29, 1.82) is 0 Å². The summed E-state index contributed by atoms with van der Waals surface area (Å²) < 4.78 is 0. The number of benzene rings is 1. The fourth-order valence-corrected chi connectivity index (χ4v) is 3.32. The summed E-state index contributed by atoms with van der Waals surface area (Å²) in [5, 5.41) is 12.2. The van der Waals surface area contributed by atoms with Crippen LogP contribution in [-0.2, 0) is 4.79 Å². The molecule has 1 atom stereocenters. The molecule has 0 saturated carbocycles. The Morgan fingerprint density at radius 3 is 2.65 bits per heavy atom. The molecule has 1 aromatic carbocycles. The molecule has 0 bridgehead atoms. The third-order valence-electron chi connectivity index (χ3n) is 3.08. The number of carboxylic acid groups (broad SMARTS) is 1. The minimum Gasteiger partial charge on any atom is -0.465 e. The molecule has 0 aliphatic carbocycles. The zero-order valence-electron chi connectivity index (χ0n) is 11.7. The van der Waals surface area contributed by atoms with Gasteiger partial charge >= 0.3 is 6.09 Å². The molecule has 1 heterocycles. The predicted molar refractivity (Wildman–Crippen MR) is 79.2 cm³/mol. The molecule has 0 radical (unpaired) electrons. The lowest BCUT2D eigenvalue weighted by Gasteiger charge is -2.37. The van der Waals surface area contributed by atoms with E-state index in [1.54, 1.807) is 20.8 Å². The van der Waals surface area contributed by atoms with Crippen LogP contribution in [0.2, 0.25) is 0 Å². The highest BCUT2D eigenvalue weighted by Crippen LogP contribution is 2.33. The Morgan fingerprint density at radius 1 is 1.40 bits per heavy atom. The second-order valence-electron chi connectivity index (χ2n) is 5.64. The molecule has 2 rings (SSSR count). The standard InChI is InChI=1S/C14H18N2O3S/c1-14(2,3)16(13(18)19)10-8-20-11-7-5-4-6-9(11)15-12(10)17/h4-7,10H,8H2,1-3H3,(H,15,17)(H,18,19)/t10-/m0/s1. The van der Waals surface area contributed by atoms with Crippen LogP contribution in [0.25, 0.3) is 0 Å². The van der Waals surface area contributed by atoms with Crippen LogP contribution < -0.4 is 5.32 Å². The van der Waals surface area contributed by atoms with Gasteiger partial charge in [0.05, 0.1) is 5.69 Å². The molecule has 1 aromatic rings. The van der Waals surface area contributed by atoms with Crippen LogP contribution in [0.5, 0.6) is 0 Å². The molecular weight excluding hydrogens is 276 g/mol. The van der Waals surface area contributed by atoms with Crippen LogP contribution in [0.15, 0.2) is 29.2 Å². The molecule has 0 saturated heterocycles. The quantitative estimate of drug-likeness (QED) is 0.835. The van der Waals surface area contributed by atoms with Crippen molar-refractivity contribution in [2.75, 3.05) is 11.1 Å². The number of anilines is 1. The molecule has 0 fully saturated rings. The largest absolute Gasteiger partial charge is 0.465 e. The number of carbonyl (C=O) groups excluding carboxylic acids is 1. The van der Waals surface area contributed by atoms with Gasteiger partial charge in [-0.1, -0.05) is 12.1 Å². The van der Waals surface area contributed by atoms with Crippen molar-refractivity contribution in [3.05, 3.63) is 24.3 Å². The summed E-state index contributed by atoms with van der Waals surface area (Å²) in [6.45, 7) is 5.37. The second kappa shape index (κ2) is 5.36. The maximum absolute atomic E-state index is 12.3. The minimum absolute atomic E-state index is 0.278. The first kappa shape index (κ1) is 14.7. The fourth-order valence-electron chi connectivity index (χ4n) is 2.24. The van der Waals surface area contributed by atoms with Gasteiger partial charge < -0.3 is 10.4 Å². The van der Waals surface area contributed by atoms with Crippen molar-refractivity contribution in [1.82, 2.24) is 4.90 Å². The van der Waals surface area contributed by atoms with Gasteiger partial charge in [0.25, 0.3) is 0 Å². The molecule has 20 heavy (non-hydrogen) atoms. The van der Waals surface area contributed by atoms with Crippen molar-refractivity contribution in [3.8, 4) is 0 Å². The summed E-state index contributed by atoms with van der Waals surface area (Å²) in [5.41, 5.74) is 0.106. The summed E-state index contributed by atoms with van der Waals surface area (Å²) in [7, 11) is 0. The van der Waals surface area contributed by atoms with Crippen LogP contribution >= 0.6 is 11.8 Å². The van der Waals surface area contributed by atoms with E-state index < -0.39 is 17.7 Å². The molecule has 1 aliphatic heterocycles. The maximum Gasteiger partial charge on any atom is 0.408 e. The van der Waals surface area contributed by atoms with E-state index >= 15 is 0 Å². The smallest absolute Gasteiger partial charge is 0.408 e. The molecule has 0 spiro atoms. The second-order valence-corrected chi connectivity index (χ2v) is 6.70. The lowest BCUT2D eigenvalue weighted by Crippen LogP contribution is -2.56. The van der Waals surface area contributed by atoms with Gasteiger partial charge in [0, 0.05) is 16.2 Å². The SMILES string of the molecule is CC(C)(C)N(C(=O)O)[C@H]1CSc2ccccc2NC1=O. The van der Waals surface area contributed by atoms with E-state index in [0.29, 0.717) is 5.75 Å². The molecule has 0 unspecified atom stereocenters. The van der Waals surface area contributed by atoms with Crippen LogP contribution in [-0.4, -0.2) is 39.3 Å². The Hall–Kier alpha value is -1.69. The number of rotatable bonds is 1. The van der Waals surface area contributed by atoms with Crippen LogP contribution in [0.4, 0.5) is 10.5 Å². The third-order valence-corrected chi connectivity index (χ3v) is 4.23. The third kappa shape index (κ3) is 2.90.